The molecule has 196 valence electrons. The van der Waals surface area contributed by atoms with Gasteiger partial charge in [-0.1, -0.05) is 35.3 Å². The number of phenolic OH excluding ortho intramolecular Hbond substituents is 1. The summed E-state index contributed by atoms with van der Waals surface area (Å²) in [4.78, 5) is 1.98. The Morgan fingerprint density at radius 2 is 1.49 bits per heavy atom. The summed E-state index contributed by atoms with van der Waals surface area (Å²) in [6, 6.07) is 7.15. The highest BCUT2D eigenvalue weighted by Crippen LogP contribution is 2.39. The molecule has 0 radical (unpaired) electrons. The van der Waals surface area contributed by atoms with E-state index < -0.39 is 33.6 Å². The van der Waals surface area contributed by atoms with Crippen molar-refractivity contribution in [3.63, 3.8) is 0 Å². The molecule has 2 atom stereocenters. The van der Waals surface area contributed by atoms with Gasteiger partial charge in [-0.25, -0.2) is 0 Å². The van der Waals surface area contributed by atoms with Crippen LogP contribution in [0.2, 0.25) is 10.0 Å². The molecule has 7 nitrogen and oxygen atoms in total. The highest BCUT2D eigenvalue weighted by molar-refractivity contribution is 7.85. The molecule has 35 heavy (non-hydrogen) atoms. The van der Waals surface area contributed by atoms with Crippen LogP contribution < -0.4 is 0 Å². The Morgan fingerprint density at radius 1 is 1.06 bits per heavy atom. The minimum absolute atomic E-state index is 0.0408. The molecule has 1 saturated heterocycles. The van der Waals surface area contributed by atoms with E-state index in [0.29, 0.717) is 43.3 Å². The van der Waals surface area contributed by atoms with Gasteiger partial charge in [0, 0.05) is 19.1 Å². The molecule has 1 fully saturated rings. The summed E-state index contributed by atoms with van der Waals surface area (Å²) in [5.74, 6) is -0.249. The molecule has 0 saturated carbocycles. The van der Waals surface area contributed by atoms with Crippen LogP contribution in [0.25, 0.3) is 0 Å². The smallest absolute Gasteiger partial charge is 0.416 e. The molecule has 0 amide bonds. The Bertz CT molecular complexity index is 1090. The standard InChI is InChI=1S/C21H22Cl2F3NO3.CH4O3S/c1-12(18(28)13-10-16(22)19(29)17(23)11-13)27-8-6-20(30,7-9-27)14-2-4-15(5-3-14)21(24,25)26;1-5(2,3)4/h2-5,10-12,18,28-30H,6-9H2,1H3;1H3,(H,2,3,4)/t12-,18+;/m1./s1. The number of nitrogens with zero attached hydrogens (tertiary/aromatic N) is 1. The summed E-state index contributed by atoms with van der Waals surface area (Å²) in [7, 11) is -3.67. The van der Waals surface area contributed by atoms with E-state index in [1.165, 1.54) is 24.3 Å². The van der Waals surface area contributed by atoms with Crippen molar-refractivity contribution in [2.45, 2.75) is 43.7 Å². The SMILES string of the molecule is CS(=O)(=O)O.C[C@H]([C@H](O)c1cc(Cl)c(O)c(Cl)c1)N1CCC(O)(c2ccc(C(F)(F)F)cc2)CC1. The van der Waals surface area contributed by atoms with Crippen LogP contribution in [0.15, 0.2) is 36.4 Å². The van der Waals surface area contributed by atoms with Crippen molar-refractivity contribution in [2.75, 3.05) is 19.3 Å². The molecule has 3 rings (SSSR count). The Morgan fingerprint density at radius 3 is 1.89 bits per heavy atom. The molecule has 0 aliphatic carbocycles. The lowest BCUT2D eigenvalue weighted by Crippen LogP contribution is -2.47. The number of aromatic hydroxyl groups is 1. The van der Waals surface area contributed by atoms with Gasteiger partial charge in [0.1, 0.15) is 0 Å². The lowest BCUT2D eigenvalue weighted by Gasteiger charge is -2.42. The maximum Gasteiger partial charge on any atom is 0.416 e. The maximum atomic E-state index is 12.8. The number of aliphatic hydroxyl groups excluding tert-OH is 1. The van der Waals surface area contributed by atoms with E-state index in [4.69, 9.17) is 27.8 Å². The predicted octanol–water partition coefficient (Wildman–Crippen LogP) is 4.63. The van der Waals surface area contributed by atoms with Crippen molar-refractivity contribution in [3.8, 4) is 5.75 Å². The molecular formula is C22H26Cl2F3NO6S. The normalized spacial score (nSPS) is 18.3. The van der Waals surface area contributed by atoms with Crippen LogP contribution in [0.5, 0.6) is 5.75 Å². The zero-order valence-electron chi connectivity index (χ0n) is 18.8. The number of likely N-dealkylation sites (tertiary alicyclic amines) is 1. The number of phenols is 1. The second-order valence-electron chi connectivity index (χ2n) is 8.39. The van der Waals surface area contributed by atoms with Crippen LogP contribution >= 0.6 is 23.2 Å². The first kappa shape index (κ1) is 29.6. The number of aliphatic hydroxyl groups is 2. The van der Waals surface area contributed by atoms with Crippen LogP contribution in [-0.4, -0.2) is 58.6 Å². The van der Waals surface area contributed by atoms with E-state index >= 15 is 0 Å². The monoisotopic (exact) mass is 559 g/mol. The van der Waals surface area contributed by atoms with Crippen LogP contribution in [-0.2, 0) is 21.9 Å². The topological polar surface area (TPSA) is 118 Å². The summed E-state index contributed by atoms with van der Waals surface area (Å²) in [5, 5.41) is 31.4. The molecule has 0 bridgehead atoms. The Kier molecular flexibility index (Phi) is 9.48. The second-order valence-corrected chi connectivity index (χ2v) is 10.7. The van der Waals surface area contributed by atoms with E-state index in [-0.39, 0.29) is 21.8 Å². The Labute approximate surface area is 211 Å². The fourth-order valence-corrected chi connectivity index (χ4v) is 4.30. The highest BCUT2D eigenvalue weighted by atomic mass is 35.5. The molecule has 4 N–H and O–H groups in total. The van der Waals surface area contributed by atoms with E-state index in [2.05, 4.69) is 0 Å². The van der Waals surface area contributed by atoms with E-state index in [9.17, 15) is 36.9 Å². The molecular weight excluding hydrogens is 534 g/mol. The van der Waals surface area contributed by atoms with Crippen molar-refractivity contribution < 1.29 is 41.5 Å². The third-order valence-electron chi connectivity index (χ3n) is 5.79. The first-order valence-corrected chi connectivity index (χ1v) is 13.0. The van der Waals surface area contributed by atoms with Crippen LogP contribution in [0, 0.1) is 0 Å². The minimum atomic E-state index is -4.42. The third kappa shape index (κ3) is 8.21. The molecule has 0 aromatic heterocycles. The highest BCUT2D eigenvalue weighted by Gasteiger charge is 2.38. The van der Waals surface area contributed by atoms with E-state index in [1.807, 2.05) is 11.8 Å². The largest absolute Gasteiger partial charge is 0.505 e. The second kappa shape index (κ2) is 11.2. The molecule has 0 spiro atoms. The van der Waals surface area contributed by atoms with Gasteiger partial charge in [-0.2, -0.15) is 21.6 Å². The zero-order chi connectivity index (χ0) is 26.8. The maximum absolute atomic E-state index is 12.8. The molecule has 1 aliphatic rings. The van der Waals surface area contributed by atoms with Crippen LogP contribution in [0.1, 0.15) is 42.6 Å². The quantitative estimate of drug-likeness (QED) is 0.403. The minimum Gasteiger partial charge on any atom is -0.505 e. The van der Waals surface area contributed by atoms with Gasteiger partial charge in [-0.05, 0) is 55.2 Å². The fourth-order valence-electron chi connectivity index (χ4n) is 3.79. The summed E-state index contributed by atoms with van der Waals surface area (Å²) in [6.45, 7) is 2.70. The summed E-state index contributed by atoms with van der Waals surface area (Å²) >= 11 is 11.9. The van der Waals surface area contributed by atoms with Gasteiger partial charge < -0.3 is 15.3 Å². The summed E-state index contributed by atoms with van der Waals surface area (Å²) in [5.41, 5.74) is -1.08. The van der Waals surface area contributed by atoms with Gasteiger partial charge in [0.25, 0.3) is 10.1 Å². The first-order valence-electron chi connectivity index (χ1n) is 10.3. The number of alkyl halides is 3. The number of hydrogen-bond acceptors (Lipinski definition) is 6. The molecule has 1 aliphatic heterocycles. The molecule has 1 heterocycles. The average molecular weight is 560 g/mol. The van der Waals surface area contributed by atoms with Gasteiger partial charge >= 0.3 is 6.18 Å². The number of piperidine rings is 1. The third-order valence-corrected chi connectivity index (χ3v) is 6.36. The van der Waals surface area contributed by atoms with Gasteiger partial charge in [-0.3, -0.25) is 9.45 Å². The molecule has 2 aromatic carbocycles. The summed E-state index contributed by atoms with van der Waals surface area (Å²) < 4.78 is 64.2. The predicted molar refractivity (Wildman–Crippen MR) is 126 cm³/mol. The van der Waals surface area contributed by atoms with E-state index in [1.54, 1.807) is 0 Å². The number of rotatable bonds is 4. The number of benzene rings is 2. The molecule has 0 unspecified atom stereocenters. The van der Waals surface area contributed by atoms with Crippen molar-refractivity contribution in [3.05, 3.63) is 63.1 Å². The van der Waals surface area contributed by atoms with Crippen molar-refractivity contribution in [1.29, 1.82) is 0 Å². The van der Waals surface area contributed by atoms with Crippen molar-refractivity contribution >= 4 is 33.3 Å². The lowest BCUT2D eigenvalue weighted by molar-refractivity contribution is -0.137. The number of halogens is 5. The Balaban J connectivity index is 0.000000784. The average Bonchev–Trinajstić information content (AvgIpc) is 2.75. The Hall–Kier alpha value is -1.60. The van der Waals surface area contributed by atoms with Gasteiger partial charge in [0.2, 0.25) is 0 Å². The first-order chi connectivity index (χ1) is 15.9. The van der Waals surface area contributed by atoms with Gasteiger partial charge in [0.05, 0.1) is 33.6 Å². The van der Waals surface area contributed by atoms with Crippen molar-refractivity contribution in [2.24, 2.45) is 0 Å². The fraction of sp³-hybridized carbons (Fsp3) is 0.455. The van der Waals surface area contributed by atoms with Crippen molar-refractivity contribution in [1.82, 2.24) is 4.90 Å². The summed E-state index contributed by atoms with van der Waals surface area (Å²) in [6.07, 6.45) is -4.01. The van der Waals surface area contributed by atoms with Crippen LogP contribution in [0.3, 0.4) is 0 Å². The van der Waals surface area contributed by atoms with Crippen LogP contribution in [0.4, 0.5) is 13.2 Å². The molecule has 13 heteroatoms. The molecule has 2 aromatic rings. The zero-order valence-corrected chi connectivity index (χ0v) is 21.1. The number of hydrogen-bond donors (Lipinski definition) is 4. The van der Waals surface area contributed by atoms with Gasteiger partial charge in [-0.15, -0.1) is 0 Å². The lowest BCUT2D eigenvalue weighted by atomic mass is 9.83. The van der Waals surface area contributed by atoms with E-state index in [0.717, 1.165) is 12.1 Å². The van der Waals surface area contributed by atoms with Gasteiger partial charge in [0.15, 0.2) is 5.75 Å².